The van der Waals surface area contributed by atoms with Crippen molar-refractivity contribution in [2.24, 2.45) is 0 Å². The Hall–Kier alpha value is -8.92. The molecule has 0 fully saturated rings. The van der Waals surface area contributed by atoms with Gasteiger partial charge in [-0.25, -0.2) is 0 Å². The number of hydrogen-bond acceptors (Lipinski definition) is 1. The predicted molar refractivity (Wildman–Crippen MR) is 284 cm³/mol. The van der Waals surface area contributed by atoms with Crippen molar-refractivity contribution in [2.45, 2.75) is 0 Å². The molecule has 0 N–H and O–H groups in total. The largest absolute Gasteiger partial charge is 0.310 e. The molecule has 2 heterocycles. The van der Waals surface area contributed by atoms with Gasteiger partial charge in [0.05, 0.1) is 22.1 Å². The summed E-state index contributed by atoms with van der Waals surface area (Å²) in [4.78, 5) is 2.42. The van der Waals surface area contributed by atoms with Gasteiger partial charge in [-0.3, -0.25) is 0 Å². The average Bonchev–Trinajstić information content (AvgIpc) is 3.92. The van der Waals surface area contributed by atoms with Crippen LogP contribution in [0.4, 0.5) is 17.1 Å². The van der Waals surface area contributed by atoms with Crippen LogP contribution in [0.2, 0.25) is 0 Å². The Morgan fingerprint density at radius 1 is 0.224 bits per heavy atom. The molecule has 0 aliphatic heterocycles. The van der Waals surface area contributed by atoms with Gasteiger partial charge in [-0.1, -0.05) is 170 Å². The summed E-state index contributed by atoms with van der Waals surface area (Å²) in [6, 6.07) is 95.2. The minimum absolute atomic E-state index is 1.07. The average molecular weight is 854 g/mol. The first-order valence-electron chi connectivity index (χ1n) is 23.0. The van der Waals surface area contributed by atoms with Crippen LogP contribution in [-0.4, -0.2) is 9.13 Å². The Morgan fingerprint density at radius 3 is 1.22 bits per heavy atom. The molecule has 0 radical (unpaired) electrons. The van der Waals surface area contributed by atoms with E-state index in [0.29, 0.717) is 0 Å². The summed E-state index contributed by atoms with van der Waals surface area (Å²) in [5.41, 5.74) is 17.2. The van der Waals surface area contributed by atoms with Crippen molar-refractivity contribution in [3.8, 4) is 44.8 Å². The maximum atomic E-state index is 2.42. The molecule has 0 unspecified atom stereocenters. The lowest BCUT2D eigenvalue weighted by atomic mass is 9.95. The molecule has 0 amide bonds. The molecule has 0 saturated carbocycles. The third kappa shape index (κ3) is 6.67. The molecule has 0 spiro atoms. The van der Waals surface area contributed by atoms with Gasteiger partial charge in [0.15, 0.2) is 0 Å². The van der Waals surface area contributed by atoms with Gasteiger partial charge in [0, 0.05) is 50.0 Å². The van der Waals surface area contributed by atoms with Crippen LogP contribution in [0.1, 0.15) is 0 Å². The molecule has 3 heteroatoms. The maximum absolute atomic E-state index is 2.42. The molecule has 0 atom stereocenters. The highest BCUT2D eigenvalue weighted by atomic mass is 15.1. The van der Waals surface area contributed by atoms with E-state index in [2.05, 4.69) is 275 Å². The van der Waals surface area contributed by atoms with Gasteiger partial charge in [0.25, 0.3) is 0 Å². The summed E-state index contributed by atoms with van der Waals surface area (Å²) in [5, 5.41) is 7.35. The number of nitrogens with zero attached hydrogens (tertiary/aromatic N) is 3. The number of benzene rings is 11. The minimum Gasteiger partial charge on any atom is -0.310 e. The molecule has 314 valence electrons. The third-order valence-corrected chi connectivity index (χ3v) is 13.4. The Kier molecular flexibility index (Phi) is 9.17. The van der Waals surface area contributed by atoms with Crippen molar-refractivity contribution in [2.75, 3.05) is 4.90 Å². The molecule has 0 aliphatic rings. The van der Waals surface area contributed by atoms with Crippen molar-refractivity contribution in [3.05, 3.63) is 261 Å². The van der Waals surface area contributed by atoms with Crippen molar-refractivity contribution >= 4 is 71.4 Å². The van der Waals surface area contributed by atoms with E-state index < -0.39 is 0 Å². The molecule has 3 nitrogen and oxygen atoms in total. The lowest BCUT2D eigenvalue weighted by Crippen LogP contribution is -2.10. The molecular weight excluding hydrogens is 811 g/mol. The molecule has 11 aromatic carbocycles. The number of para-hydroxylation sites is 4. The summed E-state index contributed by atoms with van der Waals surface area (Å²) in [6.07, 6.45) is 0. The second kappa shape index (κ2) is 16.0. The summed E-state index contributed by atoms with van der Waals surface area (Å²) in [7, 11) is 0. The molecule has 2 aromatic heterocycles. The highest BCUT2D eigenvalue weighted by molar-refractivity contribution is 6.12. The second-order valence-corrected chi connectivity index (χ2v) is 17.4. The Labute approximate surface area is 389 Å². The van der Waals surface area contributed by atoms with E-state index in [-0.39, 0.29) is 0 Å². The van der Waals surface area contributed by atoms with Crippen molar-refractivity contribution in [1.82, 2.24) is 9.13 Å². The van der Waals surface area contributed by atoms with E-state index >= 15 is 0 Å². The standard InChI is InChI=1S/C64H43N3/c1-4-16-44(17-5-1)46-28-33-54(34-29-46)65(55-35-30-45-18-10-11-19-47(45)39-55)56-40-50(48-31-36-59-57-24-12-14-26-61(57)66(63(59)42-48)52-20-6-2-7-21-52)38-51(41-56)49-32-37-60-58-25-13-15-27-62(58)67(64(60)43-49)53-22-8-3-9-23-53/h1-43H. The number of fused-ring (bicyclic) bond motifs is 7. The van der Waals surface area contributed by atoms with E-state index in [0.717, 1.165) is 50.7 Å². The van der Waals surface area contributed by atoms with E-state index in [1.807, 2.05) is 0 Å². The third-order valence-electron chi connectivity index (χ3n) is 13.4. The van der Waals surface area contributed by atoms with Crippen LogP contribution in [-0.2, 0) is 0 Å². The topological polar surface area (TPSA) is 13.1 Å². The van der Waals surface area contributed by atoms with E-state index in [9.17, 15) is 0 Å². The van der Waals surface area contributed by atoms with Crippen LogP contribution >= 0.6 is 0 Å². The lowest BCUT2D eigenvalue weighted by Gasteiger charge is -2.27. The fourth-order valence-electron chi connectivity index (χ4n) is 10.3. The van der Waals surface area contributed by atoms with E-state index in [1.54, 1.807) is 0 Å². The summed E-state index contributed by atoms with van der Waals surface area (Å²) < 4.78 is 4.82. The van der Waals surface area contributed by atoms with Gasteiger partial charge < -0.3 is 14.0 Å². The van der Waals surface area contributed by atoms with Crippen LogP contribution < -0.4 is 4.90 Å². The van der Waals surface area contributed by atoms with Crippen molar-refractivity contribution in [1.29, 1.82) is 0 Å². The maximum Gasteiger partial charge on any atom is 0.0547 e. The fourth-order valence-corrected chi connectivity index (χ4v) is 10.3. The number of aromatic nitrogens is 2. The van der Waals surface area contributed by atoms with Crippen LogP contribution in [0, 0.1) is 0 Å². The molecule has 0 aliphatic carbocycles. The van der Waals surface area contributed by atoms with Gasteiger partial charge in [-0.2, -0.15) is 0 Å². The minimum atomic E-state index is 1.07. The van der Waals surface area contributed by atoms with Crippen LogP contribution in [0.15, 0.2) is 261 Å². The Bertz CT molecular complexity index is 3780. The quantitative estimate of drug-likeness (QED) is 0.148. The van der Waals surface area contributed by atoms with Gasteiger partial charge >= 0.3 is 0 Å². The zero-order valence-electron chi connectivity index (χ0n) is 36.7. The highest BCUT2D eigenvalue weighted by Gasteiger charge is 2.20. The van der Waals surface area contributed by atoms with Gasteiger partial charge in [0.1, 0.15) is 0 Å². The molecule has 67 heavy (non-hydrogen) atoms. The van der Waals surface area contributed by atoms with Crippen molar-refractivity contribution in [3.63, 3.8) is 0 Å². The first-order valence-corrected chi connectivity index (χ1v) is 23.0. The number of anilines is 3. The highest BCUT2D eigenvalue weighted by Crippen LogP contribution is 2.44. The molecule has 13 aromatic rings. The van der Waals surface area contributed by atoms with Gasteiger partial charge in [-0.15, -0.1) is 0 Å². The van der Waals surface area contributed by atoms with E-state index in [1.165, 1.54) is 65.5 Å². The smallest absolute Gasteiger partial charge is 0.0547 e. The number of rotatable bonds is 8. The fraction of sp³-hybridized carbons (Fsp3) is 0. The Balaban J connectivity index is 1.07. The van der Waals surface area contributed by atoms with Gasteiger partial charge in [-0.05, 0) is 135 Å². The first-order chi connectivity index (χ1) is 33.2. The second-order valence-electron chi connectivity index (χ2n) is 17.4. The molecule has 13 rings (SSSR count). The normalized spacial score (nSPS) is 11.6. The van der Waals surface area contributed by atoms with E-state index in [4.69, 9.17) is 0 Å². The predicted octanol–water partition coefficient (Wildman–Crippen LogP) is 17.5. The van der Waals surface area contributed by atoms with Gasteiger partial charge in [0.2, 0.25) is 0 Å². The van der Waals surface area contributed by atoms with Crippen molar-refractivity contribution < 1.29 is 0 Å². The summed E-state index contributed by atoms with van der Waals surface area (Å²) in [6.45, 7) is 0. The van der Waals surface area contributed by atoms with Crippen LogP contribution in [0.25, 0.3) is 99.1 Å². The molecule has 0 bridgehead atoms. The zero-order valence-corrected chi connectivity index (χ0v) is 36.7. The SMILES string of the molecule is c1ccc(-c2ccc(N(c3cc(-c4ccc5c6ccccc6n(-c6ccccc6)c5c4)cc(-c4ccc5c6ccccc6n(-c6ccccc6)c5c4)c3)c3ccc4ccccc4c3)cc2)cc1. The summed E-state index contributed by atoms with van der Waals surface area (Å²) in [5.74, 6) is 0. The zero-order chi connectivity index (χ0) is 44.3. The first kappa shape index (κ1) is 38.5. The Morgan fingerprint density at radius 2 is 0.657 bits per heavy atom. The molecule has 0 saturated heterocycles. The lowest BCUT2D eigenvalue weighted by molar-refractivity contribution is 1.18. The van der Waals surface area contributed by atoms with Crippen LogP contribution in [0.5, 0.6) is 0 Å². The monoisotopic (exact) mass is 853 g/mol. The summed E-state index contributed by atoms with van der Waals surface area (Å²) >= 11 is 0. The molecular formula is C64H43N3. The van der Waals surface area contributed by atoms with Crippen LogP contribution in [0.3, 0.4) is 0 Å². The number of hydrogen-bond donors (Lipinski definition) is 0.